The molecule has 0 bridgehead atoms. The molecule has 0 aliphatic heterocycles. The van der Waals surface area contributed by atoms with E-state index in [0.717, 1.165) is 5.76 Å². The summed E-state index contributed by atoms with van der Waals surface area (Å²) in [4.78, 5) is 11.8. The lowest BCUT2D eigenvalue weighted by Gasteiger charge is -2.06. The predicted octanol–water partition coefficient (Wildman–Crippen LogP) is 3.37. The van der Waals surface area contributed by atoms with Crippen molar-refractivity contribution in [1.82, 2.24) is 5.32 Å². The summed E-state index contributed by atoms with van der Waals surface area (Å²) in [6.45, 7) is 0. The fraction of sp³-hybridized carbons (Fsp3) is 0.0769. The summed E-state index contributed by atoms with van der Waals surface area (Å²) in [7, 11) is 0. The first-order chi connectivity index (χ1) is 9.16. The first-order valence-electron chi connectivity index (χ1n) is 5.42. The maximum absolute atomic E-state index is 13.4. The molecule has 19 heavy (non-hydrogen) atoms. The Bertz CT molecular complexity index is 584. The molecule has 1 N–H and O–H groups in total. The van der Waals surface area contributed by atoms with Crippen molar-refractivity contribution in [1.29, 1.82) is 0 Å². The highest BCUT2D eigenvalue weighted by molar-refractivity contribution is 8.22. The lowest BCUT2D eigenvalue weighted by Crippen LogP contribution is -2.27. The Kier molecular flexibility index (Phi) is 4.70. The largest absolute Gasteiger partial charge is 0.468 e. The van der Waals surface area contributed by atoms with Gasteiger partial charge >= 0.3 is 0 Å². The Hall–Kier alpha value is -1.66. The number of carbonyl (C=O) groups is 1. The summed E-state index contributed by atoms with van der Waals surface area (Å²) >= 11 is 6.26. The van der Waals surface area contributed by atoms with Gasteiger partial charge in [-0.1, -0.05) is 36.1 Å². The minimum atomic E-state index is -0.571. The van der Waals surface area contributed by atoms with E-state index in [9.17, 15) is 9.18 Å². The van der Waals surface area contributed by atoms with Crippen molar-refractivity contribution >= 4 is 34.2 Å². The number of hydrogen-bond acceptors (Lipinski definition) is 4. The third-order valence-electron chi connectivity index (χ3n) is 2.26. The van der Waals surface area contributed by atoms with Crippen LogP contribution in [0, 0.1) is 5.82 Å². The van der Waals surface area contributed by atoms with E-state index in [1.165, 1.54) is 30.0 Å². The zero-order valence-electron chi connectivity index (χ0n) is 9.76. The monoisotopic (exact) mass is 295 g/mol. The number of rotatable bonds is 3. The van der Waals surface area contributed by atoms with E-state index in [4.69, 9.17) is 16.6 Å². The molecular formula is C13H10FNO2S2. The average molecular weight is 295 g/mol. The van der Waals surface area contributed by atoms with E-state index in [0.29, 0.717) is 5.75 Å². The molecule has 0 fully saturated rings. The average Bonchev–Trinajstić information content (AvgIpc) is 2.90. The summed E-state index contributed by atoms with van der Waals surface area (Å²) in [5, 5.41) is 2.47. The van der Waals surface area contributed by atoms with Gasteiger partial charge in [-0.05, 0) is 24.3 Å². The van der Waals surface area contributed by atoms with Crippen molar-refractivity contribution in [3.05, 3.63) is 59.8 Å². The van der Waals surface area contributed by atoms with Gasteiger partial charge in [0.15, 0.2) is 0 Å². The molecule has 6 heteroatoms. The quantitative estimate of drug-likeness (QED) is 0.882. The van der Waals surface area contributed by atoms with E-state index in [1.807, 2.05) is 6.07 Å². The van der Waals surface area contributed by atoms with Gasteiger partial charge in [-0.2, -0.15) is 0 Å². The standard InChI is InChI=1S/C13H10FNO2S2/c14-11-6-2-1-5-10(11)12(16)15-13(18)19-8-9-4-3-7-17-9/h1-7H,8H2,(H,15,16,18). The molecule has 0 atom stereocenters. The Morgan fingerprint density at radius 2 is 2.11 bits per heavy atom. The van der Waals surface area contributed by atoms with Gasteiger partial charge in [0.05, 0.1) is 17.6 Å². The van der Waals surface area contributed by atoms with Crippen LogP contribution in [0.25, 0.3) is 0 Å². The van der Waals surface area contributed by atoms with Crippen molar-refractivity contribution in [3.8, 4) is 0 Å². The molecule has 2 aromatic rings. The topological polar surface area (TPSA) is 42.2 Å². The summed E-state index contributed by atoms with van der Waals surface area (Å²) in [5.41, 5.74) is -0.0246. The molecular weight excluding hydrogens is 285 g/mol. The third-order valence-corrected chi connectivity index (χ3v) is 3.51. The van der Waals surface area contributed by atoms with Gasteiger partial charge < -0.3 is 9.73 Å². The van der Waals surface area contributed by atoms with E-state index in [1.54, 1.807) is 18.4 Å². The number of carbonyl (C=O) groups excluding carboxylic acids is 1. The molecule has 0 radical (unpaired) electrons. The molecule has 0 spiro atoms. The lowest BCUT2D eigenvalue weighted by molar-refractivity contribution is 0.0974. The minimum absolute atomic E-state index is 0.0246. The fourth-order valence-corrected chi connectivity index (χ4v) is 2.24. The summed E-state index contributed by atoms with van der Waals surface area (Å²) < 4.78 is 18.8. The van der Waals surface area contributed by atoms with E-state index < -0.39 is 11.7 Å². The van der Waals surface area contributed by atoms with Crippen LogP contribution in [0.2, 0.25) is 0 Å². The van der Waals surface area contributed by atoms with Gasteiger partial charge in [-0.15, -0.1) is 0 Å². The maximum atomic E-state index is 13.4. The smallest absolute Gasteiger partial charge is 0.259 e. The predicted molar refractivity (Wildman–Crippen MR) is 76.5 cm³/mol. The molecule has 1 aromatic carbocycles. The Balaban J connectivity index is 1.89. The Morgan fingerprint density at radius 1 is 1.32 bits per heavy atom. The molecule has 0 saturated carbocycles. The van der Waals surface area contributed by atoms with Crippen LogP contribution in [-0.2, 0) is 5.75 Å². The van der Waals surface area contributed by atoms with Crippen molar-refractivity contribution in [2.45, 2.75) is 5.75 Å². The van der Waals surface area contributed by atoms with Gasteiger partial charge in [0, 0.05) is 0 Å². The molecule has 3 nitrogen and oxygen atoms in total. The number of amides is 1. The van der Waals surface area contributed by atoms with Crippen LogP contribution < -0.4 is 5.32 Å². The van der Waals surface area contributed by atoms with Crippen LogP contribution in [0.4, 0.5) is 4.39 Å². The van der Waals surface area contributed by atoms with Crippen molar-refractivity contribution in [2.75, 3.05) is 0 Å². The highest BCUT2D eigenvalue weighted by Crippen LogP contribution is 2.14. The van der Waals surface area contributed by atoms with E-state index in [-0.39, 0.29) is 9.88 Å². The third kappa shape index (κ3) is 3.90. The highest BCUT2D eigenvalue weighted by atomic mass is 32.2. The Labute approximate surface area is 119 Å². The molecule has 0 aliphatic rings. The number of halogens is 1. The van der Waals surface area contributed by atoms with Crippen molar-refractivity contribution < 1.29 is 13.6 Å². The molecule has 98 valence electrons. The summed E-state index contributed by atoms with van der Waals surface area (Å²) in [6, 6.07) is 9.34. The van der Waals surface area contributed by atoms with Crippen LogP contribution in [0.3, 0.4) is 0 Å². The Morgan fingerprint density at radius 3 is 2.79 bits per heavy atom. The van der Waals surface area contributed by atoms with Gasteiger partial charge in [0.2, 0.25) is 0 Å². The first kappa shape index (κ1) is 13.8. The lowest BCUT2D eigenvalue weighted by atomic mass is 10.2. The molecule has 0 aliphatic carbocycles. The van der Waals surface area contributed by atoms with Crippen LogP contribution in [0.15, 0.2) is 47.1 Å². The number of nitrogens with one attached hydrogen (secondary N) is 1. The molecule has 0 unspecified atom stereocenters. The number of thiocarbonyl (C=S) groups is 1. The number of hydrogen-bond donors (Lipinski definition) is 1. The second-order valence-corrected chi connectivity index (χ2v) is 5.24. The summed E-state index contributed by atoms with van der Waals surface area (Å²) in [5.74, 6) is 0.157. The van der Waals surface area contributed by atoms with E-state index >= 15 is 0 Å². The van der Waals surface area contributed by atoms with Crippen LogP contribution >= 0.6 is 24.0 Å². The van der Waals surface area contributed by atoms with Crippen LogP contribution in [-0.4, -0.2) is 10.2 Å². The highest BCUT2D eigenvalue weighted by Gasteiger charge is 2.12. The zero-order valence-corrected chi connectivity index (χ0v) is 11.4. The van der Waals surface area contributed by atoms with Gasteiger partial charge in [0.1, 0.15) is 15.9 Å². The molecule has 1 aromatic heterocycles. The number of furan rings is 1. The second kappa shape index (κ2) is 6.49. The van der Waals surface area contributed by atoms with E-state index in [2.05, 4.69) is 5.32 Å². The van der Waals surface area contributed by atoms with Crippen molar-refractivity contribution in [3.63, 3.8) is 0 Å². The van der Waals surface area contributed by atoms with Gasteiger partial charge in [-0.3, -0.25) is 4.79 Å². The normalized spacial score (nSPS) is 10.2. The second-order valence-electron chi connectivity index (χ2n) is 3.59. The first-order valence-corrected chi connectivity index (χ1v) is 6.81. The summed E-state index contributed by atoms with van der Waals surface area (Å²) in [6.07, 6.45) is 1.57. The molecule has 0 saturated heterocycles. The van der Waals surface area contributed by atoms with Crippen LogP contribution in [0.5, 0.6) is 0 Å². The molecule has 2 rings (SSSR count). The zero-order chi connectivity index (χ0) is 13.7. The fourth-order valence-electron chi connectivity index (χ4n) is 1.37. The molecule has 1 heterocycles. The maximum Gasteiger partial charge on any atom is 0.259 e. The minimum Gasteiger partial charge on any atom is -0.468 e. The number of thioether (sulfide) groups is 1. The number of benzene rings is 1. The van der Waals surface area contributed by atoms with Gasteiger partial charge in [-0.25, -0.2) is 4.39 Å². The van der Waals surface area contributed by atoms with Gasteiger partial charge in [0.25, 0.3) is 5.91 Å². The van der Waals surface area contributed by atoms with Crippen molar-refractivity contribution in [2.24, 2.45) is 0 Å². The molecule has 1 amide bonds. The SMILES string of the molecule is O=C(NC(=S)SCc1ccco1)c1ccccc1F. The van der Waals surface area contributed by atoms with Crippen LogP contribution in [0.1, 0.15) is 16.1 Å².